The lowest BCUT2D eigenvalue weighted by Gasteiger charge is -2.32. The molecule has 1 fully saturated rings. The summed E-state index contributed by atoms with van der Waals surface area (Å²) in [6.07, 6.45) is 3.35. The smallest absolute Gasteiger partial charge is 0.260 e. The fourth-order valence-electron chi connectivity index (χ4n) is 4.06. The predicted octanol–water partition coefficient (Wildman–Crippen LogP) is 2.77. The maximum absolute atomic E-state index is 12.8. The Labute approximate surface area is 179 Å². The van der Waals surface area contributed by atoms with Gasteiger partial charge < -0.3 is 19.4 Å². The van der Waals surface area contributed by atoms with Gasteiger partial charge in [0.25, 0.3) is 11.5 Å². The zero-order chi connectivity index (χ0) is 21.4. The maximum Gasteiger partial charge on any atom is 0.260 e. The number of H-pyrrole nitrogens is 1. The molecule has 156 valence electrons. The number of carbonyl (C=O) groups excluding carboxylic acids is 1. The average Bonchev–Trinajstić information content (AvgIpc) is 3.21. The Kier molecular flexibility index (Phi) is 4.88. The van der Waals surface area contributed by atoms with Crippen LogP contribution in [0.25, 0.3) is 27.8 Å². The minimum atomic E-state index is -0.176. The van der Waals surface area contributed by atoms with Gasteiger partial charge in [0.15, 0.2) is 5.65 Å². The van der Waals surface area contributed by atoms with E-state index in [4.69, 9.17) is 0 Å². The second kappa shape index (κ2) is 7.85. The van der Waals surface area contributed by atoms with Gasteiger partial charge in [0.1, 0.15) is 0 Å². The van der Waals surface area contributed by atoms with E-state index < -0.39 is 0 Å². The zero-order valence-corrected chi connectivity index (χ0v) is 17.3. The van der Waals surface area contributed by atoms with E-state index >= 15 is 0 Å². The van der Waals surface area contributed by atoms with Crippen LogP contribution in [0.1, 0.15) is 10.4 Å². The van der Waals surface area contributed by atoms with Gasteiger partial charge in [-0.25, -0.2) is 4.98 Å². The number of amides is 1. The van der Waals surface area contributed by atoms with Crippen molar-refractivity contribution in [1.82, 2.24) is 24.3 Å². The molecule has 0 spiro atoms. The highest BCUT2D eigenvalue weighted by atomic mass is 16.2. The van der Waals surface area contributed by atoms with Crippen LogP contribution < -0.4 is 5.56 Å². The summed E-state index contributed by atoms with van der Waals surface area (Å²) >= 11 is 0. The van der Waals surface area contributed by atoms with Crippen LogP contribution in [-0.2, 0) is 0 Å². The predicted molar refractivity (Wildman–Crippen MR) is 121 cm³/mol. The fraction of sp³-hybridized carbons (Fsp3) is 0.208. The van der Waals surface area contributed by atoms with E-state index in [0.717, 1.165) is 43.0 Å². The van der Waals surface area contributed by atoms with Crippen LogP contribution in [0.2, 0.25) is 0 Å². The number of hydrogen-bond acceptors (Lipinski definition) is 4. The van der Waals surface area contributed by atoms with Gasteiger partial charge in [-0.05, 0) is 36.9 Å². The molecule has 2 aromatic carbocycles. The van der Waals surface area contributed by atoms with Gasteiger partial charge in [-0.3, -0.25) is 9.59 Å². The number of piperazine rings is 1. The molecule has 2 aromatic heterocycles. The van der Waals surface area contributed by atoms with Crippen LogP contribution in [0.5, 0.6) is 0 Å². The SMILES string of the molecule is CN1CCN(C(=O)c2ccc(-n3cc(-c4ccccc4)c4c(=O)[nH]cnc43)cc2)CC1. The number of aromatic nitrogens is 3. The molecule has 3 heterocycles. The van der Waals surface area contributed by atoms with Crippen molar-refractivity contribution in [2.24, 2.45) is 0 Å². The molecule has 7 nitrogen and oxygen atoms in total. The normalized spacial score (nSPS) is 14.8. The highest BCUT2D eigenvalue weighted by molar-refractivity contribution is 5.96. The van der Waals surface area contributed by atoms with Crippen LogP contribution in [0.4, 0.5) is 0 Å². The van der Waals surface area contributed by atoms with E-state index in [1.807, 2.05) is 70.3 Å². The molecule has 0 bridgehead atoms. The summed E-state index contributed by atoms with van der Waals surface area (Å²) in [7, 11) is 2.07. The van der Waals surface area contributed by atoms with Crippen molar-refractivity contribution in [1.29, 1.82) is 0 Å². The van der Waals surface area contributed by atoms with E-state index in [2.05, 4.69) is 21.9 Å². The summed E-state index contributed by atoms with van der Waals surface area (Å²) in [5, 5.41) is 0.547. The van der Waals surface area contributed by atoms with E-state index in [1.165, 1.54) is 6.33 Å². The summed E-state index contributed by atoms with van der Waals surface area (Å²) in [5.41, 5.74) is 3.69. The summed E-state index contributed by atoms with van der Waals surface area (Å²) in [6, 6.07) is 17.3. The fourth-order valence-corrected chi connectivity index (χ4v) is 4.06. The van der Waals surface area contributed by atoms with Gasteiger partial charge in [0.2, 0.25) is 0 Å². The van der Waals surface area contributed by atoms with Gasteiger partial charge in [-0.15, -0.1) is 0 Å². The second-order valence-corrected chi connectivity index (χ2v) is 7.85. The standard InChI is InChI=1S/C24H23N5O2/c1-27-11-13-28(14-12-27)24(31)18-7-9-19(10-8-18)29-15-20(17-5-3-2-4-6-17)21-22(29)25-16-26-23(21)30/h2-10,15-16H,11-14H2,1H3,(H,25,26,30). The molecule has 1 saturated heterocycles. The van der Waals surface area contributed by atoms with Crippen molar-refractivity contribution >= 4 is 16.9 Å². The Morgan fingerprint density at radius 3 is 2.39 bits per heavy atom. The van der Waals surface area contributed by atoms with Crippen molar-refractivity contribution in [3.8, 4) is 16.8 Å². The molecule has 7 heteroatoms. The monoisotopic (exact) mass is 413 g/mol. The lowest BCUT2D eigenvalue weighted by Crippen LogP contribution is -2.47. The Morgan fingerprint density at radius 2 is 1.68 bits per heavy atom. The first kappa shape index (κ1) is 19.3. The number of likely N-dealkylation sites (N-methyl/N-ethyl adjacent to an activating group) is 1. The van der Waals surface area contributed by atoms with Crippen molar-refractivity contribution in [3.05, 3.63) is 83.0 Å². The number of aromatic amines is 1. The molecule has 0 atom stereocenters. The molecular weight excluding hydrogens is 390 g/mol. The van der Waals surface area contributed by atoms with E-state index in [-0.39, 0.29) is 11.5 Å². The minimum absolute atomic E-state index is 0.0524. The van der Waals surface area contributed by atoms with Gasteiger partial charge in [-0.1, -0.05) is 30.3 Å². The molecule has 1 amide bonds. The topological polar surface area (TPSA) is 74.2 Å². The molecule has 4 aromatic rings. The zero-order valence-electron chi connectivity index (χ0n) is 17.3. The highest BCUT2D eigenvalue weighted by Crippen LogP contribution is 2.29. The van der Waals surface area contributed by atoms with Crippen molar-refractivity contribution < 1.29 is 4.79 Å². The molecule has 1 aliphatic heterocycles. The Bertz CT molecular complexity index is 1280. The van der Waals surface area contributed by atoms with Gasteiger partial charge in [0, 0.05) is 49.2 Å². The Balaban J connectivity index is 1.52. The lowest BCUT2D eigenvalue weighted by molar-refractivity contribution is 0.0664. The van der Waals surface area contributed by atoms with Gasteiger partial charge >= 0.3 is 0 Å². The number of carbonyl (C=O) groups is 1. The number of benzene rings is 2. The van der Waals surface area contributed by atoms with E-state index in [1.54, 1.807) is 0 Å². The molecule has 0 unspecified atom stereocenters. The number of nitrogens with one attached hydrogen (secondary N) is 1. The largest absolute Gasteiger partial charge is 0.336 e. The summed E-state index contributed by atoms with van der Waals surface area (Å²) < 4.78 is 1.90. The summed E-state index contributed by atoms with van der Waals surface area (Å²) in [4.78, 5) is 36.7. The Hall–Kier alpha value is -3.71. The number of nitrogens with zero attached hydrogens (tertiary/aromatic N) is 4. The van der Waals surface area contributed by atoms with Crippen LogP contribution in [0, 0.1) is 0 Å². The molecule has 1 aliphatic rings. The third-order valence-corrected chi connectivity index (χ3v) is 5.86. The van der Waals surface area contributed by atoms with Crippen LogP contribution in [-0.4, -0.2) is 63.5 Å². The third kappa shape index (κ3) is 3.53. The second-order valence-electron chi connectivity index (χ2n) is 7.85. The van der Waals surface area contributed by atoms with E-state index in [0.29, 0.717) is 16.6 Å². The maximum atomic E-state index is 12.8. The first-order valence-corrected chi connectivity index (χ1v) is 10.3. The Morgan fingerprint density at radius 1 is 0.968 bits per heavy atom. The van der Waals surface area contributed by atoms with Crippen LogP contribution >= 0.6 is 0 Å². The van der Waals surface area contributed by atoms with Gasteiger partial charge in [0.05, 0.1) is 11.7 Å². The number of hydrogen-bond donors (Lipinski definition) is 1. The van der Waals surface area contributed by atoms with Crippen molar-refractivity contribution in [2.75, 3.05) is 33.2 Å². The first-order chi connectivity index (χ1) is 15.1. The van der Waals surface area contributed by atoms with Crippen molar-refractivity contribution in [2.45, 2.75) is 0 Å². The summed E-state index contributed by atoms with van der Waals surface area (Å²) in [6.45, 7) is 3.27. The number of rotatable bonds is 3. The molecule has 0 saturated carbocycles. The molecule has 31 heavy (non-hydrogen) atoms. The molecule has 0 radical (unpaired) electrons. The van der Waals surface area contributed by atoms with Gasteiger partial charge in [-0.2, -0.15) is 0 Å². The average molecular weight is 413 g/mol. The lowest BCUT2D eigenvalue weighted by atomic mass is 10.1. The third-order valence-electron chi connectivity index (χ3n) is 5.86. The highest BCUT2D eigenvalue weighted by Gasteiger charge is 2.21. The van der Waals surface area contributed by atoms with E-state index in [9.17, 15) is 9.59 Å². The quantitative estimate of drug-likeness (QED) is 0.561. The van der Waals surface area contributed by atoms with Crippen LogP contribution in [0.3, 0.4) is 0 Å². The number of fused-ring (bicyclic) bond motifs is 1. The minimum Gasteiger partial charge on any atom is -0.336 e. The first-order valence-electron chi connectivity index (χ1n) is 10.3. The molecule has 5 rings (SSSR count). The molecule has 1 N–H and O–H groups in total. The molecular formula is C24H23N5O2. The summed E-state index contributed by atoms with van der Waals surface area (Å²) in [5.74, 6) is 0.0524. The molecule has 0 aliphatic carbocycles. The van der Waals surface area contributed by atoms with Crippen LogP contribution in [0.15, 0.2) is 71.9 Å². The van der Waals surface area contributed by atoms with Crippen molar-refractivity contribution in [3.63, 3.8) is 0 Å².